The smallest absolute Gasteiger partial charge is 0.121 e. The van der Waals surface area contributed by atoms with Gasteiger partial charge >= 0.3 is 0 Å². The van der Waals surface area contributed by atoms with Crippen molar-refractivity contribution in [1.82, 2.24) is 0 Å². The monoisotopic (exact) mass is 244 g/mol. The second-order valence-electron chi connectivity index (χ2n) is 4.99. The molecule has 15 heavy (non-hydrogen) atoms. The van der Waals surface area contributed by atoms with E-state index in [4.69, 9.17) is 27.9 Å². The van der Waals surface area contributed by atoms with E-state index in [0.29, 0.717) is 10.0 Å². The predicted octanol–water partition coefficient (Wildman–Crippen LogP) is 4.27. The van der Waals surface area contributed by atoms with Crippen molar-refractivity contribution in [2.75, 3.05) is 6.61 Å². The van der Waals surface area contributed by atoms with Crippen molar-refractivity contribution in [2.24, 2.45) is 5.41 Å². The molecule has 1 aromatic carbocycles. The highest BCUT2D eigenvalue weighted by molar-refractivity contribution is 6.42. The van der Waals surface area contributed by atoms with Crippen LogP contribution in [0.25, 0.3) is 0 Å². The lowest BCUT2D eigenvalue weighted by Crippen LogP contribution is -2.27. The van der Waals surface area contributed by atoms with Gasteiger partial charge in [0.2, 0.25) is 0 Å². The molecule has 0 radical (unpaired) electrons. The Kier molecular flexibility index (Phi) is 2.53. The zero-order valence-electron chi connectivity index (χ0n) is 9.10. The van der Waals surface area contributed by atoms with Crippen LogP contribution in [0.1, 0.15) is 26.3 Å². The van der Waals surface area contributed by atoms with Gasteiger partial charge in [0.15, 0.2) is 0 Å². The van der Waals surface area contributed by atoms with Gasteiger partial charge in [-0.3, -0.25) is 0 Å². The van der Waals surface area contributed by atoms with Crippen LogP contribution in [0.4, 0.5) is 0 Å². The Bertz CT molecular complexity index is 389. The molecule has 0 aliphatic carbocycles. The lowest BCUT2D eigenvalue weighted by molar-refractivity contribution is 0.155. The van der Waals surface area contributed by atoms with Crippen molar-refractivity contribution in [3.05, 3.63) is 33.8 Å². The largest absolute Gasteiger partial charge is 0.364 e. The normalized spacial score (nSPS) is 25.4. The summed E-state index contributed by atoms with van der Waals surface area (Å²) in [6.45, 7) is 7.27. The molecule has 0 saturated carbocycles. The Morgan fingerprint density at radius 1 is 1.20 bits per heavy atom. The summed E-state index contributed by atoms with van der Waals surface area (Å²) in [5.74, 6) is 0. The van der Waals surface area contributed by atoms with Crippen molar-refractivity contribution in [3.8, 4) is 0 Å². The van der Waals surface area contributed by atoms with E-state index in [9.17, 15) is 0 Å². The molecule has 0 N–H and O–H groups in total. The molecule has 82 valence electrons. The highest BCUT2D eigenvalue weighted by atomic mass is 35.5. The molecule has 0 bridgehead atoms. The Morgan fingerprint density at radius 2 is 1.80 bits per heavy atom. The van der Waals surface area contributed by atoms with Crippen LogP contribution in [0.3, 0.4) is 0 Å². The first kappa shape index (κ1) is 11.3. The molecular weight excluding hydrogens is 231 g/mol. The SMILES string of the molecule is CC(C)(C)C1(c2ccc(Cl)c(Cl)c2)CO1. The van der Waals surface area contributed by atoms with Gasteiger partial charge in [-0.15, -0.1) is 0 Å². The first-order valence-electron chi connectivity index (χ1n) is 4.96. The molecule has 1 heterocycles. The quantitative estimate of drug-likeness (QED) is 0.673. The van der Waals surface area contributed by atoms with E-state index in [1.165, 1.54) is 0 Å². The van der Waals surface area contributed by atoms with Gasteiger partial charge in [0.25, 0.3) is 0 Å². The van der Waals surface area contributed by atoms with Gasteiger partial charge in [-0.1, -0.05) is 50.0 Å². The lowest BCUT2D eigenvalue weighted by atomic mass is 9.76. The van der Waals surface area contributed by atoms with Crippen LogP contribution < -0.4 is 0 Å². The molecular formula is C12H14Cl2O. The van der Waals surface area contributed by atoms with E-state index in [1.54, 1.807) is 0 Å². The van der Waals surface area contributed by atoms with Crippen molar-refractivity contribution in [2.45, 2.75) is 26.4 Å². The molecule has 1 aliphatic rings. The van der Waals surface area contributed by atoms with Gasteiger partial charge < -0.3 is 4.74 Å². The highest BCUT2D eigenvalue weighted by Gasteiger charge is 2.55. The summed E-state index contributed by atoms with van der Waals surface area (Å²) >= 11 is 11.9. The second-order valence-corrected chi connectivity index (χ2v) is 5.81. The van der Waals surface area contributed by atoms with Gasteiger partial charge in [-0.05, 0) is 23.1 Å². The van der Waals surface area contributed by atoms with Crippen LogP contribution >= 0.6 is 23.2 Å². The molecule has 3 heteroatoms. The highest BCUT2D eigenvalue weighted by Crippen LogP contribution is 2.53. The standard InChI is InChI=1S/C12H14Cl2O/c1-11(2,3)12(7-15-12)8-4-5-9(13)10(14)6-8/h4-6H,7H2,1-3H3. The molecule has 1 aliphatic heterocycles. The second kappa shape index (κ2) is 3.38. The van der Waals surface area contributed by atoms with E-state index in [-0.39, 0.29) is 11.0 Å². The van der Waals surface area contributed by atoms with Gasteiger partial charge in [0.1, 0.15) is 5.60 Å². The summed E-state index contributed by atoms with van der Waals surface area (Å²) in [6.07, 6.45) is 0. The average molecular weight is 245 g/mol. The molecule has 1 saturated heterocycles. The molecule has 1 nitrogen and oxygen atoms in total. The maximum Gasteiger partial charge on any atom is 0.121 e. The zero-order valence-corrected chi connectivity index (χ0v) is 10.6. The number of rotatable bonds is 1. The van der Waals surface area contributed by atoms with Crippen LogP contribution in [0, 0.1) is 5.41 Å². The zero-order chi connectivity index (χ0) is 11.3. The van der Waals surface area contributed by atoms with Crippen LogP contribution in [0.15, 0.2) is 18.2 Å². The van der Waals surface area contributed by atoms with Gasteiger partial charge in [0.05, 0.1) is 16.7 Å². The average Bonchev–Trinajstić information content (AvgIpc) is 2.88. The third-order valence-corrected chi connectivity index (χ3v) is 3.77. The van der Waals surface area contributed by atoms with E-state index in [1.807, 2.05) is 18.2 Å². The van der Waals surface area contributed by atoms with Crippen molar-refractivity contribution < 1.29 is 4.74 Å². The minimum atomic E-state index is -0.179. The van der Waals surface area contributed by atoms with Crippen molar-refractivity contribution >= 4 is 23.2 Å². The van der Waals surface area contributed by atoms with Crippen LogP contribution in [-0.4, -0.2) is 6.61 Å². The third kappa shape index (κ3) is 1.77. The summed E-state index contributed by atoms with van der Waals surface area (Å²) < 4.78 is 5.64. The van der Waals surface area contributed by atoms with E-state index >= 15 is 0 Å². The third-order valence-electron chi connectivity index (χ3n) is 3.03. The summed E-state index contributed by atoms with van der Waals surface area (Å²) in [7, 11) is 0. The molecule has 0 amide bonds. The van der Waals surface area contributed by atoms with Gasteiger partial charge in [0, 0.05) is 0 Å². The number of epoxide rings is 1. The van der Waals surface area contributed by atoms with Crippen LogP contribution in [-0.2, 0) is 10.3 Å². The molecule has 0 aromatic heterocycles. The number of hydrogen-bond donors (Lipinski definition) is 0. The topological polar surface area (TPSA) is 12.5 Å². The van der Waals surface area contributed by atoms with Gasteiger partial charge in [-0.2, -0.15) is 0 Å². The maximum atomic E-state index is 6.01. The lowest BCUT2D eigenvalue weighted by Gasteiger charge is -2.28. The van der Waals surface area contributed by atoms with Crippen molar-refractivity contribution in [3.63, 3.8) is 0 Å². The number of ether oxygens (including phenoxy) is 1. The molecule has 1 atom stereocenters. The molecule has 1 aromatic rings. The summed E-state index contributed by atoms with van der Waals surface area (Å²) in [5, 5.41) is 1.18. The predicted molar refractivity (Wildman–Crippen MR) is 63.5 cm³/mol. The Balaban J connectivity index is 2.43. The van der Waals surface area contributed by atoms with Crippen LogP contribution in [0.2, 0.25) is 10.0 Å². The van der Waals surface area contributed by atoms with E-state index in [0.717, 1.165) is 12.2 Å². The minimum Gasteiger partial charge on any atom is -0.364 e. The molecule has 1 unspecified atom stereocenters. The van der Waals surface area contributed by atoms with Crippen LogP contribution in [0.5, 0.6) is 0 Å². The van der Waals surface area contributed by atoms with E-state index < -0.39 is 0 Å². The summed E-state index contributed by atoms with van der Waals surface area (Å²) in [5.41, 5.74) is 1.01. The van der Waals surface area contributed by atoms with Crippen molar-refractivity contribution in [1.29, 1.82) is 0 Å². The number of benzene rings is 1. The fourth-order valence-electron chi connectivity index (χ4n) is 1.85. The summed E-state index contributed by atoms with van der Waals surface area (Å²) in [6, 6.07) is 5.73. The molecule has 2 rings (SSSR count). The minimum absolute atomic E-state index is 0.0736. The molecule has 0 spiro atoms. The van der Waals surface area contributed by atoms with E-state index in [2.05, 4.69) is 20.8 Å². The molecule has 1 fully saturated rings. The Morgan fingerprint density at radius 3 is 2.20 bits per heavy atom. The Hall–Kier alpha value is -0.240. The first-order chi connectivity index (χ1) is 6.87. The first-order valence-corrected chi connectivity index (χ1v) is 5.72. The Labute approximate surface area is 100 Å². The number of halogens is 2. The maximum absolute atomic E-state index is 6.01. The van der Waals surface area contributed by atoms with Gasteiger partial charge in [-0.25, -0.2) is 0 Å². The fourth-order valence-corrected chi connectivity index (χ4v) is 2.15. The summed E-state index contributed by atoms with van der Waals surface area (Å²) in [4.78, 5) is 0. The fraction of sp³-hybridized carbons (Fsp3) is 0.500. The number of hydrogen-bond acceptors (Lipinski definition) is 1.